The maximum atomic E-state index is 10.6. The molecule has 0 bridgehead atoms. The minimum atomic E-state index is -0.944. The molecule has 0 aliphatic carbocycles. The summed E-state index contributed by atoms with van der Waals surface area (Å²) in [6, 6.07) is 1.45. The maximum absolute atomic E-state index is 10.6. The Hall–Kier alpha value is -0.256. The number of primary amides is 1. The second-order valence-corrected chi connectivity index (χ2v) is 3.02. The molecule has 4 nitrogen and oxygen atoms in total. The summed E-state index contributed by atoms with van der Waals surface area (Å²) in [7, 11) is 0. The molecule has 0 saturated carbocycles. The molecule has 13 heavy (non-hydrogen) atoms. The third-order valence-corrected chi connectivity index (χ3v) is 2.09. The van der Waals surface area contributed by atoms with Crippen molar-refractivity contribution in [3.05, 3.63) is 21.9 Å². The van der Waals surface area contributed by atoms with Gasteiger partial charge >= 0.3 is 5.97 Å². The molecule has 67 valence electrons. The van der Waals surface area contributed by atoms with E-state index in [2.05, 4.69) is 5.38 Å². The van der Waals surface area contributed by atoms with E-state index in [1.54, 1.807) is 0 Å². The second-order valence-electron chi connectivity index (χ2n) is 2.17. The van der Waals surface area contributed by atoms with Crippen molar-refractivity contribution >= 4 is 23.2 Å². The molecule has 0 fully saturated rings. The van der Waals surface area contributed by atoms with E-state index in [0.29, 0.717) is 10.4 Å². The van der Waals surface area contributed by atoms with Crippen molar-refractivity contribution in [2.45, 2.75) is 6.42 Å². The van der Waals surface area contributed by atoms with Crippen molar-refractivity contribution in [2.75, 3.05) is 0 Å². The zero-order valence-corrected chi connectivity index (χ0v) is 10.3. The molecule has 3 N–H and O–H groups in total. The molecule has 0 saturated heterocycles. The van der Waals surface area contributed by atoms with E-state index in [9.17, 15) is 9.59 Å². The fraction of sp³-hybridized carbons (Fsp3) is 0.143. The molecule has 1 aromatic rings. The van der Waals surface area contributed by atoms with Crippen LogP contribution in [-0.2, 0) is 43.9 Å². The van der Waals surface area contributed by atoms with Crippen LogP contribution >= 0.6 is 11.3 Å². The predicted octanol–water partition coefficient (Wildman–Crippen LogP) is 0.272. The molecule has 0 unspecified atom stereocenters. The zero-order valence-electron chi connectivity index (χ0n) is 6.61. The number of aliphatic carboxylic acids is 1. The maximum Gasteiger partial charge on any atom is 0.305 e. The number of rotatable bonds is 3. The minimum Gasteiger partial charge on any atom is -0.481 e. The minimum absolute atomic E-state index is 0. The van der Waals surface area contributed by atoms with Gasteiger partial charge in [0, 0.05) is 39.1 Å². The quantitative estimate of drug-likeness (QED) is 0.776. The number of carbonyl (C=O) groups is 2. The van der Waals surface area contributed by atoms with Gasteiger partial charge in [0.2, 0.25) is 0 Å². The van der Waals surface area contributed by atoms with Gasteiger partial charge in [-0.05, 0) is 0 Å². The Morgan fingerprint density at radius 2 is 2.23 bits per heavy atom. The van der Waals surface area contributed by atoms with Crippen LogP contribution < -0.4 is 5.73 Å². The van der Waals surface area contributed by atoms with Crippen molar-refractivity contribution in [1.82, 2.24) is 0 Å². The van der Waals surface area contributed by atoms with Crippen LogP contribution in [0.4, 0.5) is 0 Å². The van der Waals surface area contributed by atoms with Crippen LogP contribution in [0, 0.1) is 5.38 Å². The predicted molar refractivity (Wildman–Crippen MR) is 43.0 cm³/mol. The number of hydrogen-bond acceptors (Lipinski definition) is 3. The monoisotopic (exact) mass is 273 g/mol. The molecule has 1 rings (SSSR count). The molecule has 1 heterocycles. The SMILES string of the molecule is NC(=O)c1cc(CC(=O)O)[c-]s1.[Y]. The first-order valence-electron chi connectivity index (χ1n) is 3.11. The fourth-order valence-electron chi connectivity index (χ4n) is 0.709. The summed E-state index contributed by atoms with van der Waals surface area (Å²) in [6.45, 7) is 0. The number of carboxylic acid groups (broad SMARTS) is 1. The van der Waals surface area contributed by atoms with Crippen LogP contribution in [0.1, 0.15) is 15.2 Å². The Bertz CT molecular complexity index is 323. The number of hydrogen-bond donors (Lipinski definition) is 2. The first-order chi connectivity index (χ1) is 5.59. The van der Waals surface area contributed by atoms with Gasteiger partial charge in [-0.25, -0.2) is 0 Å². The normalized spacial score (nSPS) is 8.92. The average Bonchev–Trinajstić information content (AvgIpc) is 2.34. The van der Waals surface area contributed by atoms with Crippen LogP contribution in [0.3, 0.4) is 0 Å². The standard InChI is InChI=1S/C7H6NO3S.Y/c8-7(11)5-1-4(3-12-5)2-6(9)10;/h1H,2H2,(H2,8,11)(H,9,10);/q-1;. The van der Waals surface area contributed by atoms with Gasteiger partial charge in [-0.15, -0.1) is 5.38 Å². The van der Waals surface area contributed by atoms with E-state index < -0.39 is 11.9 Å². The van der Waals surface area contributed by atoms with Gasteiger partial charge in [-0.3, -0.25) is 20.9 Å². The van der Waals surface area contributed by atoms with E-state index in [-0.39, 0.29) is 39.1 Å². The summed E-state index contributed by atoms with van der Waals surface area (Å²) >= 11 is 1.04. The Morgan fingerprint density at radius 1 is 1.62 bits per heavy atom. The third kappa shape index (κ3) is 3.98. The molecule has 0 aliphatic rings. The number of thiophene rings is 1. The molecule has 1 aromatic heterocycles. The molecular weight excluding hydrogens is 267 g/mol. The topological polar surface area (TPSA) is 80.4 Å². The summed E-state index contributed by atoms with van der Waals surface area (Å²) in [6.07, 6.45) is -0.121. The van der Waals surface area contributed by atoms with Crippen LogP contribution in [0.15, 0.2) is 6.07 Å². The molecule has 0 aliphatic heterocycles. The largest absolute Gasteiger partial charge is 0.481 e. The molecule has 1 amide bonds. The second kappa shape index (κ2) is 5.47. The smallest absolute Gasteiger partial charge is 0.305 e. The third-order valence-electron chi connectivity index (χ3n) is 1.18. The van der Waals surface area contributed by atoms with Crippen molar-refractivity contribution in [1.29, 1.82) is 0 Å². The number of carboxylic acids is 1. The summed E-state index contributed by atoms with van der Waals surface area (Å²) in [4.78, 5) is 21.1. The van der Waals surface area contributed by atoms with E-state index in [4.69, 9.17) is 10.8 Å². The van der Waals surface area contributed by atoms with Crippen LogP contribution in [0.2, 0.25) is 0 Å². The van der Waals surface area contributed by atoms with Gasteiger partial charge in [0.15, 0.2) is 5.91 Å². The molecule has 6 heteroatoms. The van der Waals surface area contributed by atoms with Crippen molar-refractivity contribution in [2.24, 2.45) is 5.73 Å². The zero-order chi connectivity index (χ0) is 9.14. The van der Waals surface area contributed by atoms with Gasteiger partial charge < -0.3 is 10.8 Å². The van der Waals surface area contributed by atoms with Crippen molar-refractivity contribution in [3.8, 4) is 0 Å². The first-order valence-corrected chi connectivity index (χ1v) is 3.93. The van der Waals surface area contributed by atoms with Gasteiger partial charge in [-0.1, -0.05) is 4.88 Å². The molecular formula is C7H6NO3SY-. The molecule has 0 atom stereocenters. The number of carbonyl (C=O) groups excluding carboxylic acids is 1. The van der Waals surface area contributed by atoms with Gasteiger partial charge in [-0.2, -0.15) is 11.6 Å². The van der Waals surface area contributed by atoms with Gasteiger partial charge in [0.25, 0.3) is 0 Å². The van der Waals surface area contributed by atoms with Crippen molar-refractivity contribution in [3.63, 3.8) is 0 Å². The van der Waals surface area contributed by atoms with Crippen LogP contribution in [0.5, 0.6) is 0 Å². The molecule has 1 radical (unpaired) electrons. The number of nitrogens with two attached hydrogens (primary N) is 1. The Kier molecular flexibility index (Phi) is 5.36. The van der Waals surface area contributed by atoms with Crippen LogP contribution in [0.25, 0.3) is 0 Å². The summed E-state index contributed by atoms with van der Waals surface area (Å²) in [5, 5.41) is 11.1. The Balaban J connectivity index is 0.00000144. The van der Waals surface area contributed by atoms with E-state index in [0.717, 1.165) is 11.3 Å². The average molecular weight is 273 g/mol. The van der Waals surface area contributed by atoms with Gasteiger partial charge in [0.05, 0.1) is 0 Å². The Morgan fingerprint density at radius 3 is 2.62 bits per heavy atom. The first kappa shape index (κ1) is 12.7. The fourth-order valence-corrected chi connectivity index (χ4v) is 1.38. The van der Waals surface area contributed by atoms with E-state index >= 15 is 0 Å². The van der Waals surface area contributed by atoms with Crippen LogP contribution in [-0.4, -0.2) is 17.0 Å². The summed E-state index contributed by atoms with van der Waals surface area (Å²) < 4.78 is 0. The van der Waals surface area contributed by atoms with Crippen molar-refractivity contribution < 1.29 is 47.4 Å². The molecule has 0 spiro atoms. The number of amides is 1. The summed E-state index contributed by atoms with van der Waals surface area (Å²) in [5.41, 5.74) is 5.45. The summed E-state index contributed by atoms with van der Waals surface area (Å²) in [5.74, 6) is -1.49. The van der Waals surface area contributed by atoms with Gasteiger partial charge in [0.1, 0.15) is 0 Å². The molecule has 0 aromatic carbocycles. The van der Waals surface area contributed by atoms with E-state index in [1.807, 2.05) is 0 Å². The van der Waals surface area contributed by atoms with E-state index in [1.165, 1.54) is 6.07 Å². The Labute approximate surface area is 104 Å².